The van der Waals surface area contributed by atoms with Crippen LogP contribution in [0.25, 0.3) is 0 Å². The zero-order valence-electron chi connectivity index (χ0n) is 6.87. The number of hydrogen-bond donors (Lipinski definition) is 1. The fraction of sp³-hybridized carbons (Fsp3) is 1.00. The third-order valence-corrected chi connectivity index (χ3v) is 4.45. The summed E-state index contributed by atoms with van der Waals surface area (Å²) in [4.78, 5) is 0. The summed E-state index contributed by atoms with van der Waals surface area (Å²) < 4.78 is 0. The molecule has 0 heterocycles. The standard InChI is InChI=1S/C10H16O/c11-5-10-8-2-6-1-7(4-8)9(10)3-6/h6-11H,1-5H2. The topological polar surface area (TPSA) is 20.2 Å². The van der Waals surface area contributed by atoms with E-state index in [1.165, 1.54) is 25.7 Å². The van der Waals surface area contributed by atoms with Gasteiger partial charge >= 0.3 is 0 Å². The van der Waals surface area contributed by atoms with Gasteiger partial charge in [0.2, 0.25) is 0 Å². The van der Waals surface area contributed by atoms with Gasteiger partial charge in [0, 0.05) is 6.61 Å². The van der Waals surface area contributed by atoms with Crippen molar-refractivity contribution < 1.29 is 5.11 Å². The molecule has 0 amide bonds. The molecule has 4 aliphatic carbocycles. The molecule has 0 aliphatic heterocycles. The van der Waals surface area contributed by atoms with Crippen molar-refractivity contribution in [2.45, 2.75) is 25.7 Å². The number of aliphatic hydroxyl groups excluding tert-OH is 1. The fourth-order valence-corrected chi connectivity index (χ4v) is 4.16. The van der Waals surface area contributed by atoms with Crippen molar-refractivity contribution in [1.29, 1.82) is 0 Å². The molecule has 0 aromatic rings. The van der Waals surface area contributed by atoms with E-state index in [1.807, 2.05) is 0 Å². The smallest absolute Gasteiger partial charge is 0.0464 e. The second-order valence-corrected chi connectivity index (χ2v) is 4.84. The lowest BCUT2D eigenvalue weighted by Gasteiger charge is -2.30. The highest BCUT2D eigenvalue weighted by atomic mass is 16.3. The van der Waals surface area contributed by atoms with E-state index in [0.29, 0.717) is 12.5 Å². The molecule has 5 unspecified atom stereocenters. The van der Waals surface area contributed by atoms with Crippen LogP contribution in [0.3, 0.4) is 0 Å². The van der Waals surface area contributed by atoms with Crippen molar-refractivity contribution in [3.8, 4) is 0 Å². The van der Waals surface area contributed by atoms with E-state index < -0.39 is 0 Å². The van der Waals surface area contributed by atoms with Crippen LogP contribution in [0.1, 0.15) is 25.7 Å². The largest absolute Gasteiger partial charge is 0.396 e. The van der Waals surface area contributed by atoms with Crippen molar-refractivity contribution in [3.05, 3.63) is 0 Å². The normalized spacial score (nSPS) is 59.2. The van der Waals surface area contributed by atoms with Crippen LogP contribution < -0.4 is 0 Å². The van der Waals surface area contributed by atoms with Crippen molar-refractivity contribution >= 4 is 0 Å². The molecule has 4 bridgehead atoms. The van der Waals surface area contributed by atoms with Crippen LogP contribution in [0, 0.1) is 29.6 Å². The van der Waals surface area contributed by atoms with Crippen molar-refractivity contribution in [2.75, 3.05) is 6.61 Å². The Morgan fingerprint density at radius 2 is 1.82 bits per heavy atom. The van der Waals surface area contributed by atoms with Crippen LogP contribution in [0.15, 0.2) is 0 Å². The minimum absolute atomic E-state index is 0.471. The van der Waals surface area contributed by atoms with Crippen LogP contribution in [0.2, 0.25) is 0 Å². The summed E-state index contributed by atoms with van der Waals surface area (Å²) in [6.45, 7) is 0.471. The van der Waals surface area contributed by atoms with E-state index in [1.54, 1.807) is 0 Å². The Hall–Kier alpha value is -0.0400. The highest BCUT2D eigenvalue weighted by Crippen LogP contribution is 2.60. The molecule has 0 spiro atoms. The lowest BCUT2D eigenvalue weighted by Crippen LogP contribution is -2.25. The summed E-state index contributed by atoms with van der Waals surface area (Å²) in [5, 5.41) is 9.21. The Balaban J connectivity index is 1.91. The van der Waals surface area contributed by atoms with Gasteiger partial charge in [0.25, 0.3) is 0 Å². The quantitative estimate of drug-likeness (QED) is 0.606. The van der Waals surface area contributed by atoms with E-state index in [4.69, 9.17) is 0 Å². The molecule has 5 atom stereocenters. The highest BCUT2D eigenvalue weighted by Gasteiger charge is 2.53. The van der Waals surface area contributed by atoms with Gasteiger partial charge in [-0.3, -0.25) is 0 Å². The van der Waals surface area contributed by atoms with Crippen molar-refractivity contribution in [1.82, 2.24) is 0 Å². The van der Waals surface area contributed by atoms with Gasteiger partial charge in [-0.05, 0) is 55.3 Å². The fourth-order valence-electron chi connectivity index (χ4n) is 4.16. The molecule has 4 saturated carbocycles. The summed E-state index contributed by atoms with van der Waals surface area (Å²) in [6.07, 6.45) is 5.84. The zero-order chi connectivity index (χ0) is 7.42. The minimum atomic E-state index is 0.471. The van der Waals surface area contributed by atoms with Gasteiger partial charge in [0.15, 0.2) is 0 Å². The van der Waals surface area contributed by atoms with Gasteiger partial charge in [-0.25, -0.2) is 0 Å². The van der Waals surface area contributed by atoms with Crippen LogP contribution in [-0.2, 0) is 0 Å². The first-order chi connectivity index (χ1) is 5.38. The molecule has 62 valence electrons. The third-order valence-electron chi connectivity index (χ3n) is 4.45. The van der Waals surface area contributed by atoms with Crippen molar-refractivity contribution in [3.63, 3.8) is 0 Å². The Kier molecular flexibility index (Phi) is 1.18. The number of aliphatic hydroxyl groups is 1. The monoisotopic (exact) mass is 152 g/mol. The van der Waals surface area contributed by atoms with E-state index in [0.717, 1.165) is 23.7 Å². The average Bonchev–Trinajstić information content (AvgIpc) is 2.40. The predicted octanol–water partition coefficient (Wildman–Crippen LogP) is 1.66. The van der Waals surface area contributed by atoms with Gasteiger partial charge in [0.05, 0.1) is 0 Å². The minimum Gasteiger partial charge on any atom is -0.396 e. The third kappa shape index (κ3) is 0.703. The molecule has 1 heteroatoms. The van der Waals surface area contributed by atoms with Crippen LogP contribution in [0.5, 0.6) is 0 Å². The molecule has 0 aromatic carbocycles. The molecule has 4 rings (SSSR count). The Morgan fingerprint density at radius 1 is 1.00 bits per heavy atom. The number of hydrogen-bond acceptors (Lipinski definition) is 1. The SMILES string of the molecule is OCC1C2CC3CC(C2)C1C3. The van der Waals surface area contributed by atoms with Gasteiger partial charge in [-0.1, -0.05) is 0 Å². The molecule has 11 heavy (non-hydrogen) atoms. The van der Waals surface area contributed by atoms with Gasteiger partial charge in [-0.2, -0.15) is 0 Å². The number of rotatable bonds is 1. The molecule has 4 aliphatic rings. The predicted molar refractivity (Wildman–Crippen MR) is 43.0 cm³/mol. The maximum Gasteiger partial charge on any atom is 0.0464 e. The molecular weight excluding hydrogens is 136 g/mol. The lowest BCUT2D eigenvalue weighted by atomic mass is 9.76. The van der Waals surface area contributed by atoms with Crippen LogP contribution >= 0.6 is 0 Å². The van der Waals surface area contributed by atoms with Gasteiger partial charge < -0.3 is 5.11 Å². The first-order valence-electron chi connectivity index (χ1n) is 4.99. The van der Waals surface area contributed by atoms with E-state index >= 15 is 0 Å². The Labute approximate surface area is 67.8 Å². The molecule has 0 aromatic heterocycles. The summed E-state index contributed by atoms with van der Waals surface area (Å²) in [5.41, 5.74) is 0. The first kappa shape index (κ1) is 6.47. The summed E-state index contributed by atoms with van der Waals surface area (Å²) in [6, 6.07) is 0. The molecule has 0 saturated heterocycles. The second kappa shape index (κ2) is 2.01. The van der Waals surface area contributed by atoms with Crippen LogP contribution in [0.4, 0.5) is 0 Å². The molecule has 0 radical (unpaired) electrons. The second-order valence-electron chi connectivity index (χ2n) is 4.84. The molecule has 1 nitrogen and oxygen atoms in total. The summed E-state index contributed by atoms with van der Waals surface area (Å²) in [5.74, 6) is 4.65. The molecule has 4 fully saturated rings. The van der Waals surface area contributed by atoms with Crippen molar-refractivity contribution in [2.24, 2.45) is 29.6 Å². The lowest BCUT2D eigenvalue weighted by molar-refractivity contribution is 0.116. The van der Waals surface area contributed by atoms with E-state index in [9.17, 15) is 5.11 Å². The Bertz CT molecular complexity index is 174. The summed E-state index contributed by atoms with van der Waals surface area (Å²) in [7, 11) is 0. The molecular formula is C10H16O. The maximum atomic E-state index is 9.21. The van der Waals surface area contributed by atoms with Gasteiger partial charge in [0.1, 0.15) is 0 Å². The van der Waals surface area contributed by atoms with Crippen LogP contribution in [-0.4, -0.2) is 11.7 Å². The van der Waals surface area contributed by atoms with Gasteiger partial charge in [-0.15, -0.1) is 0 Å². The zero-order valence-corrected chi connectivity index (χ0v) is 6.87. The van der Waals surface area contributed by atoms with E-state index in [-0.39, 0.29) is 0 Å². The highest BCUT2D eigenvalue weighted by molar-refractivity contribution is 5.02. The first-order valence-corrected chi connectivity index (χ1v) is 4.99. The maximum absolute atomic E-state index is 9.21. The Morgan fingerprint density at radius 3 is 2.55 bits per heavy atom. The van der Waals surface area contributed by atoms with E-state index in [2.05, 4.69) is 0 Å². The molecule has 1 N–H and O–H groups in total. The average molecular weight is 152 g/mol. The summed E-state index contributed by atoms with van der Waals surface area (Å²) >= 11 is 0.